The van der Waals surface area contributed by atoms with Gasteiger partial charge in [-0.25, -0.2) is 0 Å². The summed E-state index contributed by atoms with van der Waals surface area (Å²) in [6, 6.07) is 8.15. The molecule has 0 saturated carbocycles. The summed E-state index contributed by atoms with van der Waals surface area (Å²) >= 11 is 0. The number of H-pyrrole nitrogens is 1. The minimum absolute atomic E-state index is 0.0469. The zero-order valence-electron chi connectivity index (χ0n) is 13.2. The molecule has 1 unspecified atom stereocenters. The number of hydrogen-bond acceptors (Lipinski definition) is 1. The molecule has 1 fully saturated rings. The molecule has 2 heterocycles. The molecule has 0 aliphatic carbocycles. The van der Waals surface area contributed by atoms with Crippen LogP contribution in [0.5, 0.6) is 0 Å². The van der Waals surface area contributed by atoms with E-state index in [-0.39, 0.29) is 11.8 Å². The highest BCUT2D eigenvalue weighted by molar-refractivity contribution is 6.10. The van der Waals surface area contributed by atoms with Crippen molar-refractivity contribution < 1.29 is 9.69 Å². The van der Waals surface area contributed by atoms with Gasteiger partial charge < -0.3 is 9.88 Å². The maximum Gasteiger partial charge on any atom is 0.222 e. The number of piperidine rings is 1. The van der Waals surface area contributed by atoms with E-state index in [1.807, 2.05) is 31.2 Å². The van der Waals surface area contributed by atoms with Gasteiger partial charge in [0.25, 0.3) is 0 Å². The van der Waals surface area contributed by atoms with Crippen molar-refractivity contribution in [2.24, 2.45) is 5.92 Å². The maximum atomic E-state index is 13.0. The Balaban J connectivity index is 1.91. The molecule has 1 aliphatic rings. The first-order valence-corrected chi connectivity index (χ1v) is 8.04. The predicted molar refractivity (Wildman–Crippen MR) is 85.9 cm³/mol. The van der Waals surface area contributed by atoms with Gasteiger partial charge in [0.05, 0.1) is 18.7 Å². The number of Topliss-reactive ketones (excluding diaryl/α,β-unsaturated/α-hetero) is 1. The summed E-state index contributed by atoms with van der Waals surface area (Å²) in [5.74, 6) is 1.02. The number of aryl methyl sites for hydroxylation is 1. The summed E-state index contributed by atoms with van der Waals surface area (Å²) < 4.78 is 0. The van der Waals surface area contributed by atoms with E-state index in [1.54, 1.807) is 0 Å². The van der Waals surface area contributed by atoms with Crippen molar-refractivity contribution in [1.82, 2.24) is 4.98 Å². The van der Waals surface area contributed by atoms with Crippen molar-refractivity contribution in [1.29, 1.82) is 0 Å². The topological polar surface area (TPSA) is 37.3 Å². The van der Waals surface area contributed by atoms with E-state index in [0.29, 0.717) is 0 Å². The summed E-state index contributed by atoms with van der Waals surface area (Å²) in [6.45, 7) is 8.64. The van der Waals surface area contributed by atoms with Crippen LogP contribution in [-0.4, -0.2) is 29.9 Å². The third-order valence-corrected chi connectivity index (χ3v) is 4.95. The first-order chi connectivity index (χ1) is 10.1. The summed E-state index contributed by atoms with van der Waals surface area (Å²) in [5, 5.41) is 1.07. The van der Waals surface area contributed by atoms with Crippen LogP contribution in [0.15, 0.2) is 24.3 Å². The minimum Gasteiger partial charge on any atom is -0.358 e. The van der Waals surface area contributed by atoms with Crippen LogP contribution in [0.25, 0.3) is 10.9 Å². The predicted octanol–water partition coefficient (Wildman–Crippen LogP) is 2.36. The summed E-state index contributed by atoms with van der Waals surface area (Å²) in [6.07, 6.45) is 2.54. The van der Waals surface area contributed by atoms with Crippen LogP contribution >= 0.6 is 0 Å². The highest BCUT2D eigenvalue weighted by atomic mass is 16.1. The van der Waals surface area contributed by atoms with Crippen molar-refractivity contribution in [3.05, 3.63) is 35.5 Å². The van der Waals surface area contributed by atoms with Gasteiger partial charge in [-0.1, -0.05) is 25.1 Å². The second kappa shape index (κ2) is 5.64. The molecule has 0 amide bonds. The van der Waals surface area contributed by atoms with Gasteiger partial charge in [-0.15, -0.1) is 0 Å². The van der Waals surface area contributed by atoms with E-state index < -0.39 is 0 Å². The van der Waals surface area contributed by atoms with Crippen LogP contribution in [0, 0.1) is 12.8 Å². The zero-order valence-corrected chi connectivity index (χ0v) is 13.2. The number of likely N-dealkylation sites (tertiary alicyclic amines) is 1. The lowest BCUT2D eigenvalue weighted by Gasteiger charge is -2.31. The van der Waals surface area contributed by atoms with E-state index in [4.69, 9.17) is 0 Å². The normalized spacial score (nSPS) is 24.1. The molecule has 1 aliphatic heterocycles. The van der Waals surface area contributed by atoms with E-state index >= 15 is 0 Å². The van der Waals surface area contributed by atoms with E-state index in [2.05, 4.69) is 18.8 Å². The Kier molecular flexibility index (Phi) is 3.85. The molecule has 3 atom stereocenters. The average molecular weight is 285 g/mol. The Morgan fingerprint density at radius 3 is 2.90 bits per heavy atom. The van der Waals surface area contributed by atoms with Crippen LogP contribution in [0.2, 0.25) is 0 Å². The van der Waals surface area contributed by atoms with Crippen LogP contribution < -0.4 is 4.90 Å². The Labute approximate surface area is 126 Å². The molecular formula is C18H25N2O+. The van der Waals surface area contributed by atoms with E-state index in [0.717, 1.165) is 41.2 Å². The second-order valence-corrected chi connectivity index (χ2v) is 6.62. The number of aromatic amines is 1. The molecule has 3 nitrogen and oxygen atoms in total. The summed E-state index contributed by atoms with van der Waals surface area (Å²) in [4.78, 5) is 17.8. The van der Waals surface area contributed by atoms with Crippen molar-refractivity contribution in [2.45, 2.75) is 39.7 Å². The lowest BCUT2D eigenvalue weighted by atomic mass is 9.95. The van der Waals surface area contributed by atoms with E-state index in [1.165, 1.54) is 17.7 Å². The molecule has 3 heteroatoms. The number of para-hydroxylation sites is 1. The Hall–Kier alpha value is -1.61. The fourth-order valence-electron chi connectivity index (χ4n) is 3.72. The van der Waals surface area contributed by atoms with Crippen LogP contribution in [0.4, 0.5) is 0 Å². The van der Waals surface area contributed by atoms with Gasteiger partial charge in [0.2, 0.25) is 5.78 Å². The van der Waals surface area contributed by atoms with Gasteiger partial charge in [-0.3, -0.25) is 4.79 Å². The molecule has 1 aromatic carbocycles. The third-order valence-electron chi connectivity index (χ3n) is 4.95. The Morgan fingerprint density at radius 2 is 2.14 bits per heavy atom. The average Bonchev–Trinajstić information content (AvgIpc) is 2.81. The molecule has 2 N–H and O–H groups in total. The van der Waals surface area contributed by atoms with Gasteiger partial charge >= 0.3 is 0 Å². The highest BCUT2D eigenvalue weighted by Crippen LogP contribution is 2.23. The number of nitrogens with one attached hydrogen (secondary N) is 2. The van der Waals surface area contributed by atoms with Gasteiger partial charge in [-0.05, 0) is 32.8 Å². The van der Waals surface area contributed by atoms with Crippen molar-refractivity contribution in [3.63, 3.8) is 0 Å². The lowest BCUT2D eigenvalue weighted by molar-refractivity contribution is -0.921. The second-order valence-electron chi connectivity index (χ2n) is 6.62. The molecule has 2 aromatic rings. The van der Waals surface area contributed by atoms with Crippen molar-refractivity contribution >= 4 is 16.7 Å². The first-order valence-electron chi connectivity index (χ1n) is 8.04. The fourth-order valence-corrected chi connectivity index (χ4v) is 3.72. The van der Waals surface area contributed by atoms with Crippen LogP contribution in [0.3, 0.4) is 0 Å². The first kappa shape index (κ1) is 14.3. The molecular weight excluding hydrogens is 260 g/mol. The maximum absolute atomic E-state index is 13.0. The molecule has 0 radical (unpaired) electrons. The quantitative estimate of drug-likeness (QED) is 0.835. The standard InChI is InChI=1S/C18H24N2O/c1-12-7-6-10-20(11-12)14(3)18(21)17-13(2)19-16-9-5-4-8-15(16)17/h4-5,8-9,12,14,19H,6-7,10-11H2,1-3H3/p+1/t12-,14-/m0/s1. The molecule has 1 aromatic heterocycles. The van der Waals surface area contributed by atoms with Crippen molar-refractivity contribution in [2.75, 3.05) is 13.1 Å². The zero-order chi connectivity index (χ0) is 15.0. The number of carbonyl (C=O) groups excluding carboxylic acids is 1. The largest absolute Gasteiger partial charge is 0.358 e. The number of carbonyl (C=O) groups is 1. The lowest BCUT2D eigenvalue weighted by Crippen LogP contribution is -3.17. The summed E-state index contributed by atoms with van der Waals surface area (Å²) in [5.41, 5.74) is 2.95. The number of hydrogen-bond donors (Lipinski definition) is 2. The monoisotopic (exact) mass is 285 g/mol. The smallest absolute Gasteiger partial charge is 0.222 e. The number of ketones is 1. The highest BCUT2D eigenvalue weighted by Gasteiger charge is 2.31. The number of rotatable bonds is 3. The fraction of sp³-hybridized carbons (Fsp3) is 0.500. The number of fused-ring (bicyclic) bond motifs is 1. The number of benzene rings is 1. The summed E-state index contributed by atoms with van der Waals surface area (Å²) in [7, 11) is 0. The number of quaternary nitrogens is 1. The van der Waals surface area contributed by atoms with Gasteiger partial charge in [0, 0.05) is 22.5 Å². The minimum atomic E-state index is 0.0469. The van der Waals surface area contributed by atoms with Gasteiger partial charge in [-0.2, -0.15) is 0 Å². The van der Waals surface area contributed by atoms with E-state index in [9.17, 15) is 4.79 Å². The van der Waals surface area contributed by atoms with Crippen LogP contribution in [0.1, 0.15) is 42.7 Å². The van der Waals surface area contributed by atoms with Crippen LogP contribution in [-0.2, 0) is 0 Å². The van der Waals surface area contributed by atoms with Gasteiger partial charge in [0.1, 0.15) is 6.04 Å². The molecule has 0 bridgehead atoms. The molecule has 1 saturated heterocycles. The third kappa shape index (κ3) is 2.62. The number of aromatic nitrogens is 1. The Morgan fingerprint density at radius 1 is 1.38 bits per heavy atom. The molecule has 112 valence electrons. The van der Waals surface area contributed by atoms with Gasteiger partial charge in [0.15, 0.2) is 0 Å². The molecule has 21 heavy (non-hydrogen) atoms. The molecule has 0 spiro atoms. The van der Waals surface area contributed by atoms with Crippen molar-refractivity contribution in [3.8, 4) is 0 Å². The SMILES string of the molecule is Cc1[nH]c2ccccc2c1C(=O)[C@H](C)[NH+]1CCC[C@H](C)C1. The molecule has 3 rings (SSSR count). The Bertz CT molecular complexity index is 658.